The number of rotatable bonds is 6. The van der Waals surface area contributed by atoms with Crippen LogP contribution in [0.4, 0.5) is 5.82 Å². The summed E-state index contributed by atoms with van der Waals surface area (Å²) < 4.78 is 5.25. The first-order valence-corrected chi connectivity index (χ1v) is 5.21. The van der Waals surface area contributed by atoms with Gasteiger partial charge in [-0.15, -0.1) is 0 Å². The lowest BCUT2D eigenvalue weighted by Crippen LogP contribution is -2.12. The minimum atomic E-state index is 0.647. The van der Waals surface area contributed by atoms with Crippen LogP contribution in [0.5, 0.6) is 0 Å². The van der Waals surface area contributed by atoms with Crippen LogP contribution in [0.1, 0.15) is 25.4 Å². The number of nitrogens with zero attached hydrogens (tertiary/aromatic N) is 2. The van der Waals surface area contributed by atoms with Gasteiger partial charge in [0.15, 0.2) is 0 Å². The van der Waals surface area contributed by atoms with Crippen molar-refractivity contribution in [3.63, 3.8) is 0 Å². The van der Waals surface area contributed by atoms with Crippen molar-refractivity contribution >= 4 is 5.82 Å². The molecule has 0 fully saturated rings. The molecule has 0 unspecified atom stereocenters. The molecule has 0 radical (unpaired) electrons. The molecule has 5 nitrogen and oxygen atoms in total. The molecule has 0 atom stereocenters. The molecule has 0 aliphatic rings. The topological polar surface area (TPSA) is 73.1 Å². The highest BCUT2D eigenvalue weighted by molar-refractivity contribution is 5.34. The van der Waals surface area contributed by atoms with Gasteiger partial charge in [-0.25, -0.2) is 15.8 Å². The number of hydrazine groups is 1. The van der Waals surface area contributed by atoms with E-state index < -0.39 is 0 Å². The van der Waals surface area contributed by atoms with Gasteiger partial charge >= 0.3 is 0 Å². The molecule has 1 aromatic heterocycles. The monoisotopic (exact) mass is 210 g/mol. The lowest BCUT2D eigenvalue weighted by Gasteiger charge is -2.06. The predicted octanol–water partition coefficient (Wildman–Crippen LogP) is 0.904. The van der Waals surface area contributed by atoms with Crippen molar-refractivity contribution in [2.24, 2.45) is 5.84 Å². The quantitative estimate of drug-likeness (QED) is 0.414. The first-order valence-electron chi connectivity index (χ1n) is 5.21. The minimum absolute atomic E-state index is 0.647. The lowest BCUT2D eigenvalue weighted by molar-refractivity contribution is 0.149. The van der Waals surface area contributed by atoms with Crippen molar-refractivity contribution < 1.29 is 4.74 Å². The van der Waals surface area contributed by atoms with E-state index in [2.05, 4.69) is 22.3 Å². The van der Waals surface area contributed by atoms with Gasteiger partial charge in [-0.05, 0) is 13.3 Å². The summed E-state index contributed by atoms with van der Waals surface area (Å²) in [4.78, 5) is 8.63. The zero-order valence-corrected chi connectivity index (χ0v) is 9.29. The van der Waals surface area contributed by atoms with Crippen molar-refractivity contribution in [2.75, 3.05) is 18.6 Å². The third kappa shape index (κ3) is 3.81. The van der Waals surface area contributed by atoms with Crippen LogP contribution in [0.25, 0.3) is 0 Å². The van der Waals surface area contributed by atoms with Gasteiger partial charge in [0.05, 0.1) is 6.61 Å². The summed E-state index contributed by atoms with van der Waals surface area (Å²) >= 11 is 0. The van der Waals surface area contributed by atoms with E-state index in [1.165, 1.54) is 0 Å². The van der Waals surface area contributed by atoms with Gasteiger partial charge in [0.2, 0.25) is 0 Å². The maximum absolute atomic E-state index is 5.33. The lowest BCUT2D eigenvalue weighted by atomic mass is 10.3. The number of nitrogens with one attached hydrogen (secondary N) is 1. The first-order chi connectivity index (χ1) is 7.30. The zero-order chi connectivity index (χ0) is 11.1. The van der Waals surface area contributed by atoms with Gasteiger partial charge in [-0.2, -0.15) is 0 Å². The third-order valence-corrected chi connectivity index (χ3v) is 2.01. The summed E-state index contributed by atoms with van der Waals surface area (Å²) in [5.41, 5.74) is 3.53. The normalized spacial score (nSPS) is 10.3. The van der Waals surface area contributed by atoms with Crippen LogP contribution < -0.4 is 11.3 Å². The summed E-state index contributed by atoms with van der Waals surface area (Å²) in [7, 11) is 0. The molecule has 0 saturated heterocycles. The fourth-order valence-electron chi connectivity index (χ4n) is 1.23. The van der Waals surface area contributed by atoms with E-state index in [1.807, 2.05) is 13.0 Å². The second kappa shape index (κ2) is 6.31. The number of nitrogen functional groups attached to an aromatic ring is 1. The molecule has 1 aromatic rings. The Hall–Kier alpha value is -1.20. The molecule has 0 spiro atoms. The van der Waals surface area contributed by atoms with Gasteiger partial charge in [0.25, 0.3) is 0 Å². The molecule has 1 heterocycles. The predicted molar refractivity (Wildman–Crippen MR) is 59.4 cm³/mol. The fourth-order valence-corrected chi connectivity index (χ4v) is 1.23. The summed E-state index contributed by atoms with van der Waals surface area (Å²) in [6.07, 6.45) is 1.59. The Kier molecular flexibility index (Phi) is 5.00. The highest BCUT2D eigenvalue weighted by atomic mass is 16.5. The Labute approximate surface area is 90.0 Å². The number of hydrogen-bond donors (Lipinski definition) is 2. The molecule has 0 aliphatic carbocycles. The molecule has 84 valence electrons. The van der Waals surface area contributed by atoms with Gasteiger partial charge in [0, 0.05) is 24.8 Å². The Morgan fingerprint density at radius 1 is 1.40 bits per heavy atom. The molecular weight excluding hydrogens is 192 g/mol. The Balaban J connectivity index is 2.68. The van der Waals surface area contributed by atoms with Crippen LogP contribution in [0.2, 0.25) is 0 Å². The van der Waals surface area contributed by atoms with Crippen LogP contribution >= 0.6 is 0 Å². The van der Waals surface area contributed by atoms with Gasteiger partial charge in [0.1, 0.15) is 11.6 Å². The first kappa shape index (κ1) is 11.9. The summed E-state index contributed by atoms with van der Waals surface area (Å²) in [5, 5.41) is 0. The van der Waals surface area contributed by atoms with E-state index in [0.29, 0.717) is 12.4 Å². The second-order valence-electron chi connectivity index (χ2n) is 3.11. The average molecular weight is 210 g/mol. The number of aromatic nitrogens is 2. The van der Waals surface area contributed by atoms with Crippen molar-refractivity contribution in [1.29, 1.82) is 0 Å². The Bertz CT molecular complexity index is 281. The fraction of sp³-hybridized carbons (Fsp3) is 0.600. The number of aryl methyl sites for hydroxylation is 1. The SMILES string of the molecule is CCOCCc1nc(CC)cc(NN)n1. The van der Waals surface area contributed by atoms with Crippen LogP contribution in [0.15, 0.2) is 6.07 Å². The van der Waals surface area contributed by atoms with Gasteiger partial charge in [-0.1, -0.05) is 6.92 Å². The molecular formula is C10H18N4O. The number of anilines is 1. The molecule has 5 heteroatoms. The molecule has 0 amide bonds. The van der Waals surface area contributed by atoms with E-state index in [-0.39, 0.29) is 0 Å². The molecule has 0 aromatic carbocycles. The zero-order valence-electron chi connectivity index (χ0n) is 9.29. The number of nitrogens with two attached hydrogens (primary N) is 1. The van der Waals surface area contributed by atoms with E-state index >= 15 is 0 Å². The van der Waals surface area contributed by atoms with Gasteiger partial charge < -0.3 is 10.2 Å². The van der Waals surface area contributed by atoms with Crippen molar-refractivity contribution in [1.82, 2.24) is 9.97 Å². The molecule has 0 saturated carbocycles. The third-order valence-electron chi connectivity index (χ3n) is 2.01. The van der Waals surface area contributed by atoms with E-state index in [9.17, 15) is 0 Å². The van der Waals surface area contributed by atoms with Crippen LogP contribution in [-0.2, 0) is 17.6 Å². The molecule has 0 aliphatic heterocycles. The minimum Gasteiger partial charge on any atom is -0.381 e. The van der Waals surface area contributed by atoms with E-state index in [0.717, 1.165) is 31.0 Å². The maximum Gasteiger partial charge on any atom is 0.143 e. The van der Waals surface area contributed by atoms with Crippen LogP contribution in [0.3, 0.4) is 0 Å². The summed E-state index contributed by atoms with van der Waals surface area (Å²) in [5.74, 6) is 6.76. The van der Waals surface area contributed by atoms with Gasteiger partial charge in [-0.3, -0.25) is 0 Å². The van der Waals surface area contributed by atoms with Crippen molar-refractivity contribution in [3.8, 4) is 0 Å². The van der Waals surface area contributed by atoms with E-state index in [1.54, 1.807) is 0 Å². The maximum atomic E-state index is 5.33. The highest BCUT2D eigenvalue weighted by Gasteiger charge is 2.02. The van der Waals surface area contributed by atoms with Crippen molar-refractivity contribution in [2.45, 2.75) is 26.7 Å². The standard InChI is InChI=1S/C10H18N4O/c1-3-8-7-10(14-11)13-9(12-8)5-6-15-4-2/h7H,3-6,11H2,1-2H3,(H,12,13,14). The van der Waals surface area contributed by atoms with Crippen LogP contribution in [-0.4, -0.2) is 23.2 Å². The molecule has 1 rings (SSSR count). The van der Waals surface area contributed by atoms with E-state index in [4.69, 9.17) is 10.6 Å². The average Bonchev–Trinajstić information content (AvgIpc) is 2.29. The second-order valence-corrected chi connectivity index (χ2v) is 3.11. The van der Waals surface area contributed by atoms with Crippen molar-refractivity contribution in [3.05, 3.63) is 17.6 Å². The molecule has 0 bridgehead atoms. The molecule has 3 N–H and O–H groups in total. The summed E-state index contributed by atoms with van der Waals surface area (Å²) in [6.45, 7) is 5.38. The largest absolute Gasteiger partial charge is 0.381 e. The number of hydrogen-bond acceptors (Lipinski definition) is 5. The highest BCUT2D eigenvalue weighted by Crippen LogP contribution is 2.06. The summed E-state index contributed by atoms with van der Waals surface area (Å²) in [6, 6.07) is 1.85. The van der Waals surface area contributed by atoms with Crippen LogP contribution in [0, 0.1) is 0 Å². The molecule has 15 heavy (non-hydrogen) atoms. The smallest absolute Gasteiger partial charge is 0.143 e. The Morgan fingerprint density at radius 3 is 2.80 bits per heavy atom. The Morgan fingerprint density at radius 2 is 2.20 bits per heavy atom. The number of ether oxygens (including phenoxy) is 1.